The molecule has 0 aliphatic carbocycles. The largest absolute Gasteiger partial charge is 0.330 e. The van der Waals surface area contributed by atoms with Gasteiger partial charge in [0, 0.05) is 25.2 Å². The van der Waals surface area contributed by atoms with E-state index in [0.29, 0.717) is 13.0 Å². The molecule has 5 nitrogen and oxygen atoms in total. The lowest BCUT2D eigenvalue weighted by atomic mass is 10.3. The first-order valence-corrected chi connectivity index (χ1v) is 4.52. The molecule has 0 aromatic carbocycles. The first-order valence-electron chi connectivity index (χ1n) is 4.14. The van der Waals surface area contributed by atoms with Gasteiger partial charge in [-0.15, -0.1) is 0 Å². The second kappa shape index (κ2) is 5.29. The molecule has 78 valence electrons. The number of pyridine rings is 1. The number of nitro groups is 1. The Bertz CT molecular complexity index is 437. The van der Waals surface area contributed by atoms with E-state index in [9.17, 15) is 10.1 Å². The van der Waals surface area contributed by atoms with Gasteiger partial charge in [0.15, 0.2) is 5.69 Å². The summed E-state index contributed by atoms with van der Waals surface area (Å²) in [6, 6.07) is 1.22. The second-order valence-corrected chi connectivity index (χ2v) is 3.06. The third kappa shape index (κ3) is 3.20. The molecule has 2 N–H and O–H groups in total. The van der Waals surface area contributed by atoms with Gasteiger partial charge in [-0.2, -0.15) is 0 Å². The van der Waals surface area contributed by atoms with Crippen LogP contribution < -0.4 is 5.73 Å². The van der Waals surface area contributed by atoms with Crippen LogP contribution in [0, 0.1) is 22.0 Å². The van der Waals surface area contributed by atoms with Gasteiger partial charge < -0.3 is 5.73 Å². The average Bonchev–Trinajstić information content (AvgIpc) is 2.20. The highest BCUT2D eigenvalue weighted by Crippen LogP contribution is 2.19. The molecule has 0 saturated carbocycles. The van der Waals surface area contributed by atoms with E-state index in [4.69, 9.17) is 17.3 Å². The van der Waals surface area contributed by atoms with Crippen molar-refractivity contribution in [3.8, 4) is 11.8 Å². The zero-order valence-corrected chi connectivity index (χ0v) is 8.49. The van der Waals surface area contributed by atoms with Gasteiger partial charge in [0.25, 0.3) is 0 Å². The zero-order valence-electron chi connectivity index (χ0n) is 7.74. The molecule has 0 amide bonds. The molecule has 0 aliphatic rings. The lowest BCUT2D eigenvalue weighted by Gasteiger charge is -1.94. The van der Waals surface area contributed by atoms with E-state index in [0.717, 1.165) is 0 Å². The lowest BCUT2D eigenvalue weighted by molar-refractivity contribution is -0.385. The first-order chi connectivity index (χ1) is 7.15. The minimum atomic E-state index is -0.564. The van der Waals surface area contributed by atoms with Crippen LogP contribution in [0.15, 0.2) is 12.3 Å². The van der Waals surface area contributed by atoms with Crippen molar-refractivity contribution < 1.29 is 4.92 Å². The molecule has 0 bridgehead atoms. The van der Waals surface area contributed by atoms with Gasteiger partial charge in [0.1, 0.15) is 0 Å². The van der Waals surface area contributed by atoms with Crippen molar-refractivity contribution in [3.05, 3.63) is 33.1 Å². The Labute approximate surface area is 91.4 Å². The number of nitrogens with zero attached hydrogens (tertiary/aromatic N) is 2. The van der Waals surface area contributed by atoms with E-state index >= 15 is 0 Å². The molecule has 15 heavy (non-hydrogen) atoms. The lowest BCUT2D eigenvalue weighted by Crippen LogP contribution is -1.97. The average molecular weight is 226 g/mol. The van der Waals surface area contributed by atoms with Gasteiger partial charge >= 0.3 is 5.69 Å². The van der Waals surface area contributed by atoms with Crippen molar-refractivity contribution in [3.63, 3.8) is 0 Å². The van der Waals surface area contributed by atoms with E-state index in [1.165, 1.54) is 12.3 Å². The fourth-order valence-electron chi connectivity index (χ4n) is 0.882. The van der Waals surface area contributed by atoms with Crippen LogP contribution in [0.5, 0.6) is 0 Å². The molecule has 6 heteroatoms. The number of hydrogen-bond donors (Lipinski definition) is 1. The molecule has 1 aromatic heterocycles. The number of hydrogen-bond acceptors (Lipinski definition) is 4. The molecule has 0 atom stereocenters. The first kappa shape index (κ1) is 11.4. The van der Waals surface area contributed by atoms with Crippen LogP contribution in [0.1, 0.15) is 12.1 Å². The Kier molecular flexibility index (Phi) is 4.03. The minimum Gasteiger partial charge on any atom is -0.330 e. The second-order valence-electron chi connectivity index (χ2n) is 2.62. The van der Waals surface area contributed by atoms with Gasteiger partial charge in [-0.3, -0.25) is 10.1 Å². The van der Waals surface area contributed by atoms with E-state index in [-0.39, 0.29) is 16.4 Å². The monoisotopic (exact) mass is 225 g/mol. The molecular weight excluding hydrogens is 218 g/mol. The van der Waals surface area contributed by atoms with Crippen molar-refractivity contribution in [1.29, 1.82) is 0 Å². The molecule has 0 unspecified atom stereocenters. The molecule has 1 aromatic rings. The van der Waals surface area contributed by atoms with Crippen molar-refractivity contribution in [2.45, 2.75) is 6.42 Å². The standard InChI is InChI=1S/C9H8ClN3O2/c10-7-5-9(13(14)15)8(12-6-7)3-1-2-4-11/h5-6H,2,4,11H2. The summed E-state index contributed by atoms with van der Waals surface area (Å²) in [7, 11) is 0. The molecule has 1 heterocycles. The Hall–Kier alpha value is -1.64. The summed E-state index contributed by atoms with van der Waals surface area (Å²) in [4.78, 5) is 13.8. The Balaban J connectivity index is 3.08. The Morgan fingerprint density at radius 2 is 2.40 bits per heavy atom. The molecule has 0 saturated heterocycles. The smallest absolute Gasteiger partial charge is 0.304 e. The van der Waals surface area contributed by atoms with Crippen LogP contribution >= 0.6 is 11.6 Å². The summed E-state index contributed by atoms with van der Waals surface area (Å²) in [5.74, 6) is 5.26. The van der Waals surface area contributed by atoms with Crippen molar-refractivity contribution >= 4 is 17.3 Å². The fraction of sp³-hybridized carbons (Fsp3) is 0.222. The SMILES string of the molecule is NCCC#Cc1ncc(Cl)cc1[N+](=O)[O-]. The Morgan fingerprint density at radius 1 is 1.67 bits per heavy atom. The molecule has 0 fully saturated rings. The third-order valence-electron chi connectivity index (χ3n) is 1.51. The van der Waals surface area contributed by atoms with E-state index in [2.05, 4.69) is 16.8 Å². The van der Waals surface area contributed by atoms with E-state index in [1.807, 2.05) is 0 Å². The van der Waals surface area contributed by atoms with Crippen LogP contribution in [-0.4, -0.2) is 16.5 Å². The number of aromatic nitrogens is 1. The third-order valence-corrected chi connectivity index (χ3v) is 1.71. The summed E-state index contributed by atoms with van der Waals surface area (Å²) in [5, 5.41) is 10.8. The van der Waals surface area contributed by atoms with E-state index in [1.54, 1.807) is 0 Å². The van der Waals surface area contributed by atoms with Crippen LogP contribution in [0.3, 0.4) is 0 Å². The summed E-state index contributed by atoms with van der Waals surface area (Å²) in [5.41, 5.74) is 5.16. The van der Waals surface area contributed by atoms with Gasteiger partial charge in [-0.25, -0.2) is 4.98 Å². The van der Waals surface area contributed by atoms with Gasteiger partial charge in [-0.05, 0) is 5.92 Å². The number of rotatable bonds is 2. The predicted molar refractivity (Wildman–Crippen MR) is 56.5 cm³/mol. The number of nitrogens with two attached hydrogens (primary N) is 1. The highest BCUT2D eigenvalue weighted by atomic mass is 35.5. The van der Waals surface area contributed by atoms with Crippen LogP contribution in [0.25, 0.3) is 0 Å². The zero-order chi connectivity index (χ0) is 11.3. The molecule has 0 spiro atoms. The highest BCUT2D eigenvalue weighted by molar-refractivity contribution is 6.30. The molecular formula is C9H8ClN3O2. The molecule has 0 radical (unpaired) electrons. The van der Waals surface area contributed by atoms with Crippen LogP contribution in [-0.2, 0) is 0 Å². The van der Waals surface area contributed by atoms with Gasteiger partial charge in [0.2, 0.25) is 0 Å². The van der Waals surface area contributed by atoms with Crippen molar-refractivity contribution in [2.75, 3.05) is 6.54 Å². The number of halogens is 1. The quantitative estimate of drug-likeness (QED) is 0.468. The summed E-state index contributed by atoms with van der Waals surface area (Å²) < 4.78 is 0. The summed E-state index contributed by atoms with van der Waals surface area (Å²) in [6.45, 7) is 0.411. The van der Waals surface area contributed by atoms with Crippen molar-refractivity contribution in [1.82, 2.24) is 4.98 Å². The molecule has 1 rings (SSSR count). The summed E-state index contributed by atoms with van der Waals surface area (Å²) >= 11 is 5.59. The summed E-state index contributed by atoms with van der Waals surface area (Å²) in [6.07, 6.45) is 1.79. The van der Waals surface area contributed by atoms with Crippen LogP contribution in [0.2, 0.25) is 5.02 Å². The normalized spacial score (nSPS) is 9.20. The predicted octanol–water partition coefficient (Wildman–Crippen LogP) is 1.34. The van der Waals surface area contributed by atoms with Gasteiger partial charge in [-0.1, -0.05) is 17.5 Å². The molecule has 0 aliphatic heterocycles. The van der Waals surface area contributed by atoms with Crippen LogP contribution in [0.4, 0.5) is 5.69 Å². The Morgan fingerprint density at radius 3 is 3.00 bits per heavy atom. The van der Waals surface area contributed by atoms with Gasteiger partial charge in [0.05, 0.1) is 9.95 Å². The topological polar surface area (TPSA) is 82.0 Å². The fourth-order valence-corrected chi connectivity index (χ4v) is 1.03. The van der Waals surface area contributed by atoms with Crippen molar-refractivity contribution in [2.24, 2.45) is 5.73 Å². The maximum atomic E-state index is 10.6. The minimum absolute atomic E-state index is 0.109. The maximum absolute atomic E-state index is 10.6. The maximum Gasteiger partial charge on any atom is 0.304 e. The highest BCUT2D eigenvalue weighted by Gasteiger charge is 2.13. The van der Waals surface area contributed by atoms with E-state index < -0.39 is 4.92 Å².